The van der Waals surface area contributed by atoms with Crippen LogP contribution >= 0.6 is 0 Å². The maximum atomic E-state index is 11.4. The second-order valence-electron chi connectivity index (χ2n) is 4.00. The van der Waals surface area contributed by atoms with Crippen molar-refractivity contribution < 1.29 is 14.5 Å². The average Bonchev–Trinajstić information content (AvgIpc) is 2.47. The number of ether oxygens (including phenoxy) is 1. The van der Waals surface area contributed by atoms with E-state index in [9.17, 15) is 14.9 Å². The second-order valence-corrected chi connectivity index (χ2v) is 4.00. The molecule has 102 valence electrons. The Kier molecular flexibility index (Phi) is 3.95. The monoisotopic (exact) mass is 272 g/mol. The number of nitro groups is 1. The lowest BCUT2D eigenvalue weighted by molar-refractivity contribution is -0.384. The van der Waals surface area contributed by atoms with Crippen LogP contribution in [0.15, 0.2) is 48.5 Å². The topological polar surface area (TPSA) is 81.5 Å². The van der Waals surface area contributed by atoms with Gasteiger partial charge in [0.15, 0.2) is 0 Å². The third-order valence-corrected chi connectivity index (χ3v) is 2.65. The van der Waals surface area contributed by atoms with Gasteiger partial charge in [-0.25, -0.2) is 4.79 Å². The smallest absolute Gasteiger partial charge is 0.337 e. The van der Waals surface area contributed by atoms with Crippen LogP contribution in [0.1, 0.15) is 10.4 Å². The summed E-state index contributed by atoms with van der Waals surface area (Å²) in [4.78, 5) is 21.5. The van der Waals surface area contributed by atoms with Crippen molar-refractivity contribution in [2.24, 2.45) is 0 Å². The number of rotatable bonds is 4. The number of hydrogen-bond acceptors (Lipinski definition) is 5. The Labute approximate surface area is 115 Å². The van der Waals surface area contributed by atoms with Gasteiger partial charge >= 0.3 is 5.97 Å². The number of nitro benzene ring substituents is 1. The molecule has 2 aromatic carbocycles. The standard InChI is InChI=1S/C14H12N2O4/c1-20-14(17)10-3-2-4-12(9-10)15-11-5-7-13(8-6-11)16(18)19/h2-9,15H,1H3. The minimum Gasteiger partial charge on any atom is -0.465 e. The minimum atomic E-state index is -0.457. The SMILES string of the molecule is COC(=O)c1cccc(Nc2ccc([N+](=O)[O-])cc2)c1. The Balaban J connectivity index is 2.17. The predicted molar refractivity (Wildman–Crippen MR) is 74.2 cm³/mol. The van der Waals surface area contributed by atoms with Crippen LogP contribution in [0.4, 0.5) is 17.1 Å². The quantitative estimate of drug-likeness (QED) is 0.525. The summed E-state index contributed by atoms with van der Waals surface area (Å²) >= 11 is 0. The molecule has 0 saturated heterocycles. The lowest BCUT2D eigenvalue weighted by atomic mass is 10.2. The molecule has 0 radical (unpaired) electrons. The van der Waals surface area contributed by atoms with E-state index in [-0.39, 0.29) is 5.69 Å². The van der Waals surface area contributed by atoms with E-state index < -0.39 is 10.9 Å². The van der Waals surface area contributed by atoms with Gasteiger partial charge in [-0.05, 0) is 30.3 Å². The zero-order valence-electron chi connectivity index (χ0n) is 10.7. The van der Waals surface area contributed by atoms with Gasteiger partial charge in [-0.2, -0.15) is 0 Å². The number of benzene rings is 2. The molecule has 0 aromatic heterocycles. The highest BCUT2D eigenvalue weighted by Crippen LogP contribution is 2.20. The van der Waals surface area contributed by atoms with Gasteiger partial charge in [-0.15, -0.1) is 0 Å². The normalized spacial score (nSPS) is 9.85. The number of non-ortho nitro benzene ring substituents is 1. The van der Waals surface area contributed by atoms with Crippen LogP contribution in [0.2, 0.25) is 0 Å². The van der Waals surface area contributed by atoms with E-state index in [0.29, 0.717) is 16.9 Å². The Hall–Kier alpha value is -2.89. The van der Waals surface area contributed by atoms with Crippen LogP contribution in [0.3, 0.4) is 0 Å². The molecule has 0 aliphatic heterocycles. The molecule has 6 heteroatoms. The van der Waals surface area contributed by atoms with Crippen molar-refractivity contribution in [3.8, 4) is 0 Å². The summed E-state index contributed by atoms with van der Waals surface area (Å²) < 4.78 is 4.64. The molecule has 20 heavy (non-hydrogen) atoms. The van der Waals surface area contributed by atoms with Gasteiger partial charge in [-0.1, -0.05) is 6.07 Å². The first kappa shape index (κ1) is 13.5. The van der Waals surface area contributed by atoms with Gasteiger partial charge in [-0.3, -0.25) is 10.1 Å². The van der Waals surface area contributed by atoms with E-state index in [1.807, 2.05) is 0 Å². The number of carbonyl (C=O) groups is 1. The van der Waals surface area contributed by atoms with Crippen molar-refractivity contribution in [3.63, 3.8) is 0 Å². The van der Waals surface area contributed by atoms with Crippen molar-refractivity contribution >= 4 is 23.0 Å². The number of carbonyl (C=O) groups excluding carboxylic acids is 1. The van der Waals surface area contributed by atoms with Gasteiger partial charge in [0, 0.05) is 23.5 Å². The molecule has 0 atom stereocenters. The maximum absolute atomic E-state index is 11.4. The van der Waals surface area contributed by atoms with E-state index in [1.54, 1.807) is 36.4 Å². The first-order valence-corrected chi connectivity index (χ1v) is 5.80. The van der Waals surface area contributed by atoms with E-state index in [1.165, 1.54) is 19.2 Å². The third-order valence-electron chi connectivity index (χ3n) is 2.65. The summed E-state index contributed by atoms with van der Waals surface area (Å²) in [6.45, 7) is 0. The highest BCUT2D eigenvalue weighted by Gasteiger charge is 2.07. The van der Waals surface area contributed by atoms with Crippen LogP contribution in [-0.2, 0) is 4.74 Å². The lowest BCUT2D eigenvalue weighted by Gasteiger charge is -2.07. The fraction of sp³-hybridized carbons (Fsp3) is 0.0714. The summed E-state index contributed by atoms with van der Waals surface area (Å²) in [5, 5.41) is 13.6. The molecule has 6 nitrogen and oxygen atoms in total. The van der Waals surface area contributed by atoms with Crippen LogP contribution in [-0.4, -0.2) is 18.0 Å². The second kappa shape index (κ2) is 5.83. The summed E-state index contributed by atoms with van der Waals surface area (Å²) in [5.74, 6) is -0.419. The van der Waals surface area contributed by atoms with Gasteiger partial charge in [0.25, 0.3) is 5.69 Å². The van der Waals surface area contributed by atoms with Crippen LogP contribution in [0.5, 0.6) is 0 Å². The fourth-order valence-corrected chi connectivity index (χ4v) is 1.67. The molecule has 1 N–H and O–H groups in total. The molecule has 0 aliphatic carbocycles. The average molecular weight is 272 g/mol. The lowest BCUT2D eigenvalue weighted by Crippen LogP contribution is -2.01. The third kappa shape index (κ3) is 3.11. The summed E-state index contributed by atoms with van der Waals surface area (Å²) in [5.41, 5.74) is 1.85. The van der Waals surface area contributed by atoms with Crippen molar-refractivity contribution in [3.05, 3.63) is 64.2 Å². The Morgan fingerprint density at radius 1 is 1.15 bits per heavy atom. The molecule has 0 aliphatic rings. The molecule has 0 amide bonds. The molecular formula is C14H12N2O4. The molecule has 0 unspecified atom stereocenters. The molecule has 0 spiro atoms. The van der Waals surface area contributed by atoms with Gasteiger partial charge in [0.05, 0.1) is 17.6 Å². The van der Waals surface area contributed by atoms with Crippen molar-refractivity contribution in [1.29, 1.82) is 0 Å². The number of anilines is 2. The van der Waals surface area contributed by atoms with Gasteiger partial charge < -0.3 is 10.1 Å². The molecule has 0 fully saturated rings. The fourth-order valence-electron chi connectivity index (χ4n) is 1.67. The number of nitrogens with zero attached hydrogens (tertiary/aromatic N) is 1. The van der Waals surface area contributed by atoms with Crippen molar-refractivity contribution in [1.82, 2.24) is 0 Å². The van der Waals surface area contributed by atoms with Gasteiger partial charge in [0.2, 0.25) is 0 Å². The van der Waals surface area contributed by atoms with Crippen molar-refractivity contribution in [2.75, 3.05) is 12.4 Å². The Morgan fingerprint density at radius 3 is 2.45 bits per heavy atom. The van der Waals surface area contributed by atoms with Crippen LogP contribution in [0, 0.1) is 10.1 Å². The predicted octanol–water partition coefficient (Wildman–Crippen LogP) is 3.13. The molecular weight excluding hydrogens is 260 g/mol. The van der Waals surface area contributed by atoms with Gasteiger partial charge in [0.1, 0.15) is 0 Å². The highest BCUT2D eigenvalue weighted by molar-refractivity contribution is 5.90. The molecule has 2 aromatic rings. The van der Waals surface area contributed by atoms with E-state index >= 15 is 0 Å². The number of nitrogens with one attached hydrogen (secondary N) is 1. The maximum Gasteiger partial charge on any atom is 0.337 e. The highest BCUT2D eigenvalue weighted by atomic mass is 16.6. The summed E-state index contributed by atoms with van der Waals surface area (Å²) in [6, 6.07) is 12.8. The Morgan fingerprint density at radius 2 is 1.85 bits per heavy atom. The Bertz CT molecular complexity index is 638. The van der Waals surface area contributed by atoms with E-state index in [2.05, 4.69) is 10.1 Å². The largest absolute Gasteiger partial charge is 0.465 e. The molecule has 0 heterocycles. The minimum absolute atomic E-state index is 0.0267. The first-order valence-electron chi connectivity index (χ1n) is 5.80. The number of methoxy groups -OCH3 is 1. The van der Waals surface area contributed by atoms with Crippen molar-refractivity contribution in [2.45, 2.75) is 0 Å². The van der Waals surface area contributed by atoms with E-state index in [4.69, 9.17) is 0 Å². The molecule has 0 bridgehead atoms. The first-order chi connectivity index (χ1) is 9.60. The molecule has 2 rings (SSSR count). The zero-order chi connectivity index (χ0) is 14.5. The number of hydrogen-bond donors (Lipinski definition) is 1. The van der Waals surface area contributed by atoms with E-state index in [0.717, 1.165) is 0 Å². The summed E-state index contributed by atoms with van der Waals surface area (Å²) in [7, 11) is 1.32. The van der Waals surface area contributed by atoms with Crippen LogP contribution < -0.4 is 5.32 Å². The molecule has 0 saturated carbocycles. The van der Waals surface area contributed by atoms with Crippen LogP contribution in [0.25, 0.3) is 0 Å². The zero-order valence-corrected chi connectivity index (χ0v) is 10.7. The number of esters is 1. The summed E-state index contributed by atoms with van der Waals surface area (Å²) in [6.07, 6.45) is 0.